The van der Waals surface area contributed by atoms with Crippen LogP contribution in [0.5, 0.6) is 0 Å². The maximum atomic E-state index is 12.2. The molecule has 4 aliphatic rings. The second-order valence-electron chi connectivity index (χ2n) is 11.5. The van der Waals surface area contributed by atoms with Gasteiger partial charge in [0.05, 0.1) is 24.9 Å². The second kappa shape index (κ2) is 8.47. The van der Waals surface area contributed by atoms with Gasteiger partial charge < -0.3 is 21.7 Å². The SMILES string of the molecule is CC(NOCCN=C(N)N)[C@H]1CC[C@]2(O)[C@@H]3CC[C@@H]4C[C@@H](O)CC[C@]4(C)[C@H]3CC[C@]12C. The topological polar surface area (TPSA) is 126 Å². The molecule has 0 spiro atoms. The van der Waals surface area contributed by atoms with Gasteiger partial charge in [-0.25, -0.2) is 0 Å². The number of hydrogen-bond acceptors (Lipinski definition) is 5. The van der Waals surface area contributed by atoms with E-state index in [1.807, 2.05) is 0 Å². The molecule has 7 N–H and O–H groups in total. The van der Waals surface area contributed by atoms with E-state index in [2.05, 4.69) is 31.2 Å². The van der Waals surface area contributed by atoms with Crippen LogP contribution < -0.4 is 16.9 Å². The fourth-order valence-corrected chi connectivity index (χ4v) is 8.54. The molecule has 0 amide bonds. The number of nitrogens with zero attached hydrogens (tertiary/aromatic N) is 1. The van der Waals surface area contributed by atoms with E-state index < -0.39 is 5.60 Å². The van der Waals surface area contributed by atoms with Crippen LogP contribution in [0.25, 0.3) is 0 Å². The smallest absolute Gasteiger partial charge is 0.185 e. The van der Waals surface area contributed by atoms with Crippen LogP contribution in [0.1, 0.15) is 78.6 Å². The molecule has 4 aliphatic carbocycles. The Labute approximate surface area is 187 Å². The highest BCUT2D eigenvalue weighted by molar-refractivity contribution is 5.75. The summed E-state index contributed by atoms with van der Waals surface area (Å²) in [5.74, 6) is 2.03. The van der Waals surface area contributed by atoms with Gasteiger partial charge in [-0.15, -0.1) is 0 Å². The number of guanidine groups is 1. The molecule has 178 valence electrons. The third-order valence-electron chi connectivity index (χ3n) is 10.3. The van der Waals surface area contributed by atoms with Gasteiger partial charge in [0.2, 0.25) is 0 Å². The van der Waals surface area contributed by atoms with Gasteiger partial charge in [-0.05, 0) is 93.8 Å². The van der Waals surface area contributed by atoms with Crippen molar-refractivity contribution in [1.82, 2.24) is 5.48 Å². The van der Waals surface area contributed by atoms with Gasteiger partial charge in [0.1, 0.15) is 0 Å². The van der Waals surface area contributed by atoms with Crippen LogP contribution in [-0.4, -0.2) is 47.1 Å². The molecule has 0 heterocycles. The molecule has 4 fully saturated rings. The van der Waals surface area contributed by atoms with E-state index in [1.54, 1.807) is 0 Å². The summed E-state index contributed by atoms with van der Waals surface area (Å²) in [6.07, 6.45) is 9.30. The predicted molar refractivity (Wildman–Crippen MR) is 122 cm³/mol. The molecule has 31 heavy (non-hydrogen) atoms. The van der Waals surface area contributed by atoms with Gasteiger partial charge >= 0.3 is 0 Å². The Hall–Kier alpha value is -0.890. The zero-order valence-corrected chi connectivity index (χ0v) is 19.6. The lowest BCUT2D eigenvalue weighted by Crippen LogP contribution is -2.63. The number of nitrogens with two attached hydrogens (primary N) is 2. The standard InChI is InChI=1S/C24H44N4O3/c1-15(28-31-13-12-27-21(25)26)18-8-11-24(30)20-5-4-16-14-17(29)6-9-22(16,2)19(20)7-10-23(18,24)3/h15-20,28-30H,4-14H2,1-3H3,(H4,25,26,27)/t15?,16-,17+,18-,19+,20-,22+,23-,24+/m1/s1. The van der Waals surface area contributed by atoms with Crippen molar-refractivity contribution in [2.24, 2.45) is 51.0 Å². The minimum atomic E-state index is -0.598. The summed E-state index contributed by atoms with van der Waals surface area (Å²) < 4.78 is 0. The van der Waals surface area contributed by atoms with Gasteiger partial charge in [0.15, 0.2) is 5.96 Å². The molecule has 7 nitrogen and oxygen atoms in total. The number of fused-ring (bicyclic) bond motifs is 5. The third kappa shape index (κ3) is 3.79. The molecular formula is C24H44N4O3. The lowest BCUT2D eigenvalue weighted by atomic mass is 9.43. The summed E-state index contributed by atoms with van der Waals surface area (Å²) in [6, 6.07) is 0.159. The highest BCUT2D eigenvalue weighted by Gasteiger charge is 2.67. The summed E-state index contributed by atoms with van der Waals surface area (Å²) in [4.78, 5) is 9.60. The fourth-order valence-electron chi connectivity index (χ4n) is 8.54. The molecule has 0 aromatic heterocycles. The van der Waals surface area contributed by atoms with E-state index in [0.29, 0.717) is 36.8 Å². The molecule has 0 radical (unpaired) electrons. The molecular weight excluding hydrogens is 392 g/mol. The number of aliphatic hydroxyl groups excluding tert-OH is 1. The van der Waals surface area contributed by atoms with Crippen LogP contribution in [0.3, 0.4) is 0 Å². The Kier molecular flexibility index (Phi) is 6.36. The molecule has 0 bridgehead atoms. The van der Waals surface area contributed by atoms with E-state index >= 15 is 0 Å². The van der Waals surface area contributed by atoms with Crippen molar-refractivity contribution >= 4 is 5.96 Å². The van der Waals surface area contributed by atoms with Crippen LogP contribution in [-0.2, 0) is 4.84 Å². The van der Waals surface area contributed by atoms with E-state index in [4.69, 9.17) is 16.3 Å². The van der Waals surface area contributed by atoms with Gasteiger partial charge in [-0.1, -0.05) is 13.8 Å². The number of aliphatic imine (C=N–C) groups is 1. The van der Waals surface area contributed by atoms with Crippen LogP contribution in [0, 0.1) is 34.5 Å². The maximum Gasteiger partial charge on any atom is 0.185 e. The maximum absolute atomic E-state index is 12.2. The molecule has 9 atom stereocenters. The van der Waals surface area contributed by atoms with Crippen molar-refractivity contribution < 1.29 is 15.1 Å². The molecule has 7 heteroatoms. The first-order valence-corrected chi connectivity index (χ1v) is 12.4. The molecule has 1 unspecified atom stereocenters. The largest absolute Gasteiger partial charge is 0.393 e. The number of rotatable bonds is 6. The van der Waals surface area contributed by atoms with Crippen molar-refractivity contribution in [2.75, 3.05) is 13.2 Å². The lowest BCUT2D eigenvalue weighted by molar-refractivity contribution is -0.213. The molecule has 0 aliphatic heterocycles. The Balaban J connectivity index is 1.45. The van der Waals surface area contributed by atoms with Crippen molar-refractivity contribution in [3.8, 4) is 0 Å². The van der Waals surface area contributed by atoms with E-state index in [-0.39, 0.29) is 28.9 Å². The monoisotopic (exact) mass is 436 g/mol. The van der Waals surface area contributed by atoms with Crippen molar-refractivity contribution in [3.63, 3.8) is 0 Å². The first-order valence-electron chi connectivity index (χ1n) is 12.4. The summed E-state index contributed by atoms with van der Waals surface area (Å²) in [7, 11) is 0. The average Bonchev–Trinajstić information content (AvgIpc) is 2.99. The van der Waals surface area contributed by atoms with Gasteiger partial charge in [-0.3, -0.25) is 9.83 Å². The Bertz CT molecular complexity index is 686. The van der Waals surface area contributed by atoms with Gasteiger partial charge in [0, 0.05) is 11.5 Å². The number of aliphatic hydroxyl groups is 2. The van der Waals surface area contributed by atoms with Crippen molar-refractivity contribution in [2.45, 2.75) is 96.3 Å². The number of hydrogen-bond donors (Lipinski definition) is 5. The van der Waals surface area contributed by atoms with E-state index in [0.717, 1.165) is 51.4 Å². The summed E-state index contributed by atoms with van der Waals surface area (Å²) in [5.41, 5.74) is 13.5. The number of nitrogens with one attached hydrogen (secondary N) is 1. The average molecular weight is 437 g/mol. The van der Waals surface area contributed by atoms with Crippen LogP contribution >= 0.6 is 0 Å². The minimum absolute atomic E-state index is 0.0812. The number of hydroxylamine groups is 1. The Morgan fingerprint density at radius 3 is 2.61 bits per heavy atom. The third-order valence-corrected chi connectivity index (χ3v) is 10.3. The minimum Gasteiger partial charge on any atom is -0.393 e. The van der Waals surface area contributed by atoms with Crippen LogP contribution in [0.4, 0.5) is 0 Å². The molecule has 4 saturated carbocycles. The molecule has 0 aromatic rings. The van der Waals surface area contributed by atoms with Gasteiger partial charge in [-0.2, -0.15) is 5.48 Å². The molecule has 4 rings (SSSR count). The first-order chi connectivity index (χ1) is 14.6. The highest BCUT2D eigenvalue weighted by atomic mass is 16.6. The van der Waals surface area contributed by atoms with Crippen LogP contribution in [0.2, 0.25) is 0 Å². The zero-order valence-electron chi connectivity index (χ0n) is 19.6. The molecule has 0 aromatic carbocycles. The summed E-state index contributed by atoms with van der Waals surface area (Å²) in [6.45, 7) is 7.83. The molecule has 0 saturated heterocycles. The normalized spacial score (nSPS) is 47.7. The Morgan fingerprint density at radius 2 is 1.87 bits per heavy atom. The predicted octanol–water partition coefficient (Wildman–Crippen LogP) is 2.30. The quantitative estimate of drug-likeness (QED) is 0.188. The van der Waals surface area contributed by atoms with Crippen LogP contribution in [0.15, 0.2) is 4.99 Å². The van der Waals surface area contributed by atoms with E-state index in [9.17, 15) is 10.2 Å². The summed E-state index contributed by atoms with van der Waals surface area (Å²) in [5, 5.41) is 22.5. The Morgan fingerprint density at radius 1 is 1.10 bits per heavy atom. The van der Waals surface area contributed by atoms with Gasteiger partial charge in [0.25, 0.3) is 0 Å². The lowest BCUT2D eigenvalue weighted by Gasteiger charge is -2.63. The van der Waals surface area contributed by atoms with Crippen molar-refractivity contribution in [1.29, 1.82) is 0 Å². The summed E-state index contributed by atoms with van der Waals surface area (Å²) >= 11 is 0. The first kappa shape index (κ1) is 23.3. The zero-order chi connectivity index (χ0) is 22.4. The van der Waals surface area contributed by atoms with E-state index in [1.165, 1.54) is 6.42 Å². The second-order valence-corrected chi connectivity index (χ2v) is 11.5. The van der Waals surface area contributed by atoms with Crippen molar-refractivity contribution in [3.05, 3.63) is 0 Å². The fraction of sp³-hybridized carbons (Fsp3) is 0.958. The highest BCUT2D eigenvalue weighted by Crippen LogP contribution is 2.69.